The Hall–Kier alpha value is -4.60. The third-order valence-electron chi connectivity index (χ3n) is 6.06. The molecule has 0 unspecified atom stereocenters. The van der Waals surface area contributed by atoms with Crippen molar-refractivity contribution in [2.24, 2.45) is 4.99 Å². The van der Waals surface area contributed by atoms with Crippen LogP contribution in [0.25, 0.3) is 6.08 Å². The number of methoxy groups -OCH3 is 1. The van der Waals surface area contributed by atoms with Gasteiger partial charge in [0, 0.05) is 5.56 Å². The van der Waals surface area contributed by atoms with E-state index in [9.17, 15) is 13.2 Å². The van der Waals surface area contributed by atoms with Crippen molar-refractivity contribution in [2.45, 2.75) is 11.3 Å². The van der Waals surface area contributed by atoms with Crippen molar-refractivity contribution in [1.82, 2.24) is 0 Å². The maximum atomic E-state index is 13.7. The number of anilines is 1. The highest BCUT2D eigenvalue weighted by molar-refractivity contribution is 8.19. The molecule has 1 fully saturated rings. The molecule has 206 valence electrons. The minimum Gasteiger partial charge on any atom is -0.493 e. The number of hydrogen-bond donors (Lipinski definition) is 0. The summed E-state index contributed by atoms with van der Waals surface area (Å²) in [6.07, 6.45) is 3.69. The van der Waals surface area contributed by atoms with Crippen LogP contribution in [0.5, 0.6) is 11.5 Å². The number of amidine groups is 1. The second kappa shape index (κ2) is 12.3. The minimum absolute atomic E-state index is 0.0250. The Bertz CT molecular complexity index is 1740. The lowest BCUT2D eigenvalue weighted by Crippen LogP contribution is -2.28. The number of allylic oxidation sites excluding steroid dienone is 1. The summed E-state index contributed by atoms with van der Waals surface area (Å²) in [4.78, 5) is 20.5. The predicted octanol–water partition coefficient (Wildman–Crippen LogP) is 7.00. The summed E-state index contributed by atoms with van der Waals surface area (Å²) in [6.45, 7) is 3.80. The number of carbonyl (C=O) groups is 1. The van der Waals surface area contributed by atoms with E-state index in [1.54, 1.807) is 47.4 Å². The number of ether oxygens (including phenoxy) is 1. The molecule has 0 radical (unpaired) electrons. The molecule has 1 heterocycles. The van der Waals surface area contributed by atoms with Crippen molar-refractivity contribution in [1.29, 1.82) is 0 Å². The predicted molar refractivity (Wildman–Crippen MR) is 164 cm³/mol. The first-order chi connectivity index (χ1) is 19.9. The van der Waals surface area contributed by atoms with Crippen LogP contribution in [-0.2, 0) is 21.3 Å². The van der Waals surface area contributed by atoms with E-state index in [-0.39, 0.29) is 22.3 Å². The van der Waals surface area contributed by atoms with E-state index in [4.69, 9.17) is 13.9 Å². The highest BCUT2D eigenvalue weighted by Crippen LogP contribution is 2.40. The highest BCUT2D eigenvalue weighted by atomic mass is 32.2. The highest BCUT2D eigenvalue weighted by Gasteiger charge is 2.35. The van der Waals surface area contributed by atoms with Gasteiger partial charge in [0.05, 0.1) is 23.4 Å². The van der Waals surface area contributed by atoms with Gasteiger partial charge in [-0.15, -0.1) is 6.58 Å². The minimum atomic E-state index is -4.12. The quantitative estimate of drug-likeness (QED) is 0.120. The number of nitrogens with zero attached hydrogens (tertiary/aromatic N) is 2. The van der Waals surface area contributed by atoms with Gasteiger partial charge in [-0.3, -0.25) is 9.69 Å². The molecule has 0 spiro atoms. The third kappa shape index (κ3) is 6.26. The molecule has 1 aliphatic rings. The normalized spacial score (nSPS) is 15.3. The molecular weight excluding hydrogens is 556 g/mol. The summed E-state index contributed by atoms with van der Waals surface area (Å²) in [7, 11) is -2.68. The van der Waals surface area contributed by atoms with Gasteiger partial charge in [-0.05, 0) is 78.4 Å². The molecule has 0 N–H and O–H groups in total. The SMILES string of the molecule is C=CCc1cc(/C=C2/SC(=Nc3ccccc3)N(c3ccccc3)C2=O)cc(OC)c1OS(=O)(=O)c1ccccc1. The third-order valence-corrected chi connectivity index (χ3v) is 8.27. The first-order valence-electron chi connectivity index (χ1n) is 12.6. The van der Waals surface area contributed by atoms with E-state index < -0.39 is 10.1 Å². The lowest BCUT2D eigenvalue weighted by molar-refractivity contribution is -0.113. The molecule has 0 saturated carbocycles. The van der Waals surface area contributed by atoms with Crippen molar-refractivity contribution in [3.63, 3.8) is 0 Å². The molecule has 0 atom stereocenters. The van der Waals surface area contributed by atoms with E-state index >= 15 is 0 Å². The number of rotatable bonds is 9. The zero-order chi connectivity index (χ0) is 28.8. The Morgan fingerprint density at radius 1 is 0.927 bits per heavy atom. The summed E-state index contributed by atoms with van der Waals surface area (Å²) in [6, 6.07) is 30.1. The Balaban J connectivity index is 1.55. The van der Waals surface area contributed by atoms with Gasteiger partial charge in [0.1, 0.15) is 4.90 Å². The maximum absolute atomic E-state index is 13.7. The molecule has 7 nitrogen and oxygen atoms in total. The summed E-state index contributed by atoms with van der Waals surface area (Å²) >= 11 is 1.25. The monoisotopic (exact) mass is 582 g/mol. The van der Waals surface area contributed by atoms with Gasteiger partial charge >= 0.3 is 10.1 Å². The number of benzene rings is 4. The summed E-state index contributed by atoms with van der Waals surface area (Å²) in [5.74, 6) is 0.0531. The Labute approximate surface area is 243 Å². The molecule has 1 saturated heterocycles. The zero-order valence-corrected chi connectivity index (χ0v) is 23.8. The molecule has 5 rings (SSSR count). The van der Waals surface area contributed by atoms with Crippen molar-refractivity contribution < 1.29 is 22.1 Å². The Morgan fingerprint density at radius 2 is 1.56 bits per heavy atom. The summed E-state index contributed by atoms with van der Waals surface area (Å²) in [5, 5.41) is 0.519. The Morgan fingerprint density at radius 3 is 2.20 bits per heavy atom. The van der Waals surface area contributed by atoms with Gasteiger partial charge in [-0.1, -0.05) is 60.7 Å². The van der Waals surface area contributed by atoms with Gasteiger partial charge in [-0.25, -0.2) is 4.99 Å². The van der Waals surface area contributed by atoms with E-state index in [2.05, 4.69) is 6.58 Å². The summed E-state index contributed by atoms with van der Waals surface area (Å²) < 4.78 is 37.2. The average Bonchev–Trinajstić information content (AvgIpc) is 3.29. The molecule has 41 heavy (non-hydrogen) atoms. The van der Waals surface area contributed by atoms with E-state index in [0.717, 1.165) is 5.69 Å². The van der Waals surface area contributed by atoms with Gasteiger partial charge in [0.15, 0.2) is 16.7 Å². The second-order valence-corrected chi connectivity index (χ2v) is 11.4. The van der Waals surface area contributed by atoms with Gasteiger partial charge in [-0.2, -0.15) is 8.42 Å². The number of para-hydroxylation sites is 2. The number of carbonyl (C=O) groups excluding carboxylic acids is 1. The van der Waals surface area contributed by atoms with Crippen LogP contribution in [0.1, 0.15) is 11.1 Å². The van der Waals surface area contributed by atoms with Crippen LogP contribution in [0.15, 0.2) is 131 Å². The topological polar surface area (TPSA) is 85.3 Å². The van der Waals surface area contributed by atoms with E-state index in [0.29, 0.717) is 33.3 Å². The van der Waals surface area contributed by atoms with Crippen LogP contribution in [0.3, 0.4) is 0 Å². The van der Waals surface area contributed by atoms with Crippen LogP contribution in [0.2, 0.25) is 0 Å². The fourth-order valence-electron chi connectivity index (χ4n) is 4.18. The van der Waals surface area contributed by atoms with Crippen molar-refractivity contribution in [3.8, 4) is 11.5 Å². The molecule has 1 amide bonds. The molecule has 4 aromatic carbocycles. The molecule has 9 heteroatoms. The molecule has 0 bridgehead atoms. The van der Waals surface area contributed by atoms with Gasteiger partial charge in [0.2, 0.25) is 0 Å². The fraction of sp³-hybridized carbons (Fsp3) is 0.0625. The number of hydrogen-bond acceptors (Lipinski definition) is 7. The zero-order valence-electron chi connectivity index (χ0n) is 22.1. The van der Waals surface area contributed by atoms with Crippen molar-refractivity contribution in [3.05, 3.63) is 132 Å². The van der Waals surface area contributed by atoms with Crippen LogP contribution < -0.4 is 13.8 Å². The molecular formula is C32H26N2O5S2. The van der Waals surface area contributed by atoms with Crippen LogP contribution in [0, 0.1) is 0 Å². The fourth-order valence-corrected chi connectivity index (χ4v) is 6.18. The second-order valence-electron chi connectivity index (χ2n) is 8.87. The molecule has 0 aliphatic carbocycles. The van der Waals surface area contributed by atoms with Crippen molar-refractivity contribution in [2.75, 3.05) is 12.0 Å². The standard InChI is InChI=1S/C32H26N2O5S2/c1-3-13-24-20-23(21-28(38-2)30(24)39-41(36,37)27-18-11-6-12-19-27)22-29-31(35)34(26-16-9-5-10-17-26)32(40-29)33-25-14-7-4-8-15-25/h3-12,14-22H,1,13H2,2H3/b29-22+,33-32?. The van der Waals surface area contributed by atoms with Crippen LogP contribution in [-0.4, -0.2) is 26.6 Å². The van der Waals surface area contributed by atoms with Crippen LogP contribution >= 0.6 is 11.8 Å². The summed E-state index contributed by atoms with van der Waals surface area (Å²) in [5.41, 5.74) is 2.59. The largest absolute Gasteiger partial charge is 0.493 e. The smallest absolute Gasteiger partial charge is 0.339 e. The molecule has 1 aliphatic heterocycles. The first kappa shape index (κ1) is 27.9. The van der Waals surface area contributed by atoms with Crippen LogP contribution in [0.4, 0.5) is 11.4 Å². The maximum Gasteiger partial charge on any atom is 0.339 e. The average molecular weight is 583 g/mol. The molecule has 0 aromatic heterocycles. The van der Waals surface area contributed by atoms with Crippen molar-refractivity contribution >= 4 is 50.4 Å². The van der Waals surface area contributed by atoms with E-state index in [1.165, 1.54) is 31.0 Å². The molecule has 4 aromatic rings. The van der Waals surface area contributed by atoms with Gasteiger partial charge < -0.3 is 8.92 Å². The Kier molecular flexibility index (Phi) is 8.37. The van der Waals surface area contributed by atoms with Gasteiger partial charge in [0.25, 0.3) is 5.91 Å². The van der Waals surface area contributed by atoms with E-state index in [1.807, 2.05) is 60.7 Å². The number of amides is 1. The first-order valence-corrected chi connectivity index (χ1v) is 14.9. The lowest BCUT2D eigenvalue weighted by Gasteiger charge is -2.16. The number of aliphatic imine (C=N–C) groups is 1. The number of thioether (sulfide) groups is 1. The lowest BCUT2D eigenvalue weighted by atomic mass is 10.1.